The van der Waals surface area contributed by atoms with Crippen molar-refractivity contribution in [2.24, 2.45) is 0 Å². The number of pyridine rings is 1. The largest absolute Gasteiger partial charge is 0.493 e. The molecular weight excluding hydrogens is 414 g/mol. The van der Waals surface area contributed by atoms with E-state index in [9.17, 15) is 14.9 Å². The predicted octanol–water partition coefficient (Wildman–Crippen LogP) is 4.33. The van der Waals surface area contributed by atoms with E-state index in [0.29, 0.717) is 41.6 Å². The summed E-state index contributed by atoms with van der Waals surface area (Å²) in [4.78, 5) is 28.2. The molecule has 0 unspecified atom stereocenters. The number of ether oxygens (including phenoxy) is 3. The molecule has 0 aliphatic carbocycles. The fourth-order valence-electron chi connectivity index (χ4n) is 3.70. The Morgan fingerprint density at radius 2 is 1.81 bits per heavy atom. The third-order valence-electron chi connectivity index (χ3n) is 5.44. The van der Waals surface area contributed by atoms with Crippen molar-refractivity contribution in [1.29, 1.82) is 0 Å². The van der Waals surface area contributed by atoms with Gasteiger partial charge in [0.1, 0.15) is 17.6 Å². The second kappa shape index (κ2) is 9.09. The van der Waals surface area contributed by atoms with Gasteiger partial charge in [0.05, 0.1) is 17.5 Å². The molecule has 2 heterocycles. The van der Waals surface area contributed by atoms with Crippen LogP contribution >= 0.6 is 0 Å². The number of likely N-dealkylation sites (tertiary alicyclic amines) is 1. The summed E-state index contributed by atoms with van der Waals surface area (Å²) < 4.78 is 17.7. The van der Waals surface area contributed by atoms with Crippen molar-refractivity contribution in [1.82, 2.24) is 9.88 Å². The fourth-order valence-corrected chi connectivity index (χ4v) is 3.70. The van der Waals surface area contributed by atoms with Gasteiger partial charge in [0.15, 0.2) is 11.5 Å². The molecule has 1 aromatic heterocycles. The normalized spacial score (nSPS) is 14.2. The highest BCUT2D eigenvalue weighted by molar-refractivity contribution is 5.88. The number of hydrogen-bond acceptors (Lipinski definition) is 7. The first-order valence-electron chi connectivity index (χ1n) is 10.3. The summed E-state index contributed by atoms with van der Waals surface area (Å²) in [5.74, 6) is 2.23. The first-order valence-corrected chi connectivity index (χ1v) is 10.3. The lowest BCUT2D eigenvalue weighted by atomic mass is 10.1. The number of benzene rings is 2. The Balaban J connectivity index is 1.57. The number of amides is 1. The molecule has 1 aliphatic rings. The van der Waals surface area contributed by atoms with E-state index in [4.69, 9.17) is 14.2 Å². The van der Waals surface area contributed by atoms with Gasteiger partial charge in [-0.2, -0.15) is 0 Å². The molecule has 0 saturated carbocycles. The van der Waals surface area contributed by atoms with Crippen LogP contribution < -0.4 is 14.2 Å². The third-order valence-corrected chi connectivity index (χ3v) is 5.44. The van der Waals surface area contributed by atoms with E-state index in [2.05, 4.69) is 4.98 Å². The van der Waals surface area contributed by atoms with E-state index < -0.39 is 4.92 Å². The lowest BCUT2D eigenvalue weighted by Crippen LogP contribution is -2.40. The minimum absolute atomic E-state index is 0.00506. The van der Waals surface area contributed by atoms with Crippen molar-refractivity contribution in [2.45, 2.75) is 25.9 Å². The van der Waals surface area contributed by atoms with Crippen molar-refractivity contribution in [3.63, 3.8) is 0 Å². The second-order valence-corrected chi connectivity index (χ2v) is 7.51. The highest BCUT2D eigenvalue weighted by atomic mass is 16.6. The molecular formula is C23H23N3O6. The number of nitro groups is 1. The third kappa shape index (κ3) is 4.56. The molecule has 3 aromatic rings. The summed E-state index contributed by atoms with van der Waals surface area (Å²) in [6.07, 6.45) is 3.11. The maximum absolute atomic E-state index is 11.5. The van der Waals surface area contributed by atoms with Crippen LogP contribution in [0.3, 0.4) is 0 Å². The van der Waals surface area contributed by atoms with Crippen LogP contribution in [0.4, 0.5) is 5.69 Å². The van der Waals surface area contributed by atoms with E-state index in [1.54, 1.807) is 38.4 Å². The molecule has 0 atom stereocenters. The minimum Gasteiger partial charge on any atom is -0.493 e. The summed E-state index contributed by atoms with van der Waals surface area (Å²) in [5, 5.41) is 11.6. The number of non-ortho nitro benzene ring substituents is 1. The van der Waals surface area contributed by atoms with Crippen molar-refractivity contribution < 1.29 is 23.9 Å². The molecule has 1 amide bonds. The molecule has 9 nitrogen and oxygen atoms in total. The number of fused-ring (bicyclic) bond motifs is 1. The number of piperidine rings is 1. The van der Waals surface area contributed by atoms with Crippen LogP contribution in [0.2, 0.25) is 0 Å². The van der Waals surface area contributed by atoms with E-state index >= 15 is 0 Å². The SMILES string of the molecule is COc1cc2c(Oc3ccc([N+](=O)[O-])cc3)ccnc2cc1OC1CCN(C(C)=O)CC1. The van der Waals surface area contributed by atoms with Crippen LogP contribution in [0.25, 0.3) is 10.9 Å². The molecule has 4 rings (SSSR count). The summed E-state index contributed by atoms with van der Waals surface area (Å²) in [5.41, 5.74) is 0.663. The zero-order valence-electron chi connectivity index (χ0n) is 17.8. The Morgan fingerprint density at radius 1 is 1.09 bits per heavy atom. The van der Waals surface area contributed by atoms with Gasteiger partial charge in [-0.15, -0.1) is 0 Å². The van der Waals surface area contributed by atoms with Crippen LogP contribution in [0.1, 0.15) is 19.8 Å². The Kier molecular flexibility index (Phi) is 6.07. The monoisotopic (exact) mass is 437 g/mol. The highest BCUT2D eigenvalue weighted by Gasteiger charge is 2.23. The maximum Gasteiger partial charge on any atom is 0.269 e. The zero-order chi connectivity index (χ0) is 22.7. The van der Waals surface area contributed by atoms with Crippen LogP contribution in [0.15, 0.2) is 48.7 Å². The van der Waals surface area contributed by atoms with Gasteiger partial charge in [-0.05, 0) is 24.3 Å². The first-order chi connectivity index (χ1) is 15.4. The second-order valence-electron chi connectivity index (χ2n) is 7.51. The molecule has 9 heteroatoms. The average molecular weight is 437 g/mol. The van der Waals surface area contributed by atoms with Gasteiger partial charge in [0, 0.05) is 62.6 Å². The number of methoxy groups -OCH3 is 1. The van der Waals surface area contributed by atoms with Gasteiger partial charge < -0.3 is 19.1 Å². The van der Waals surface area contributed by atoms with Gasteiger partial charge in [-0.3, -0.25) is 19.9 Å². The standard InChI is InChI=1S/C23H23N3O6/c1-15(27)25-11-8-18(9-12-25)32-23-14-20-19(13-22(23)30-2)21(7-10-24-20)31-17-5-3-16(4-6-17)26(28)29/h3-7,10,13-14,18H,8-9,11-12H2,1-2H3. The number of nitrogens with zero attached hydrogens (tertiary/aromatic N) is 3. The Morgan fingerprint density at radius 3 is 2.44 bits per heavy atom. The van der Waals surface area contributed by atoms with Crippen molar-refractivity contribution >= 4 is 22.5 Å². The molecule has 1 fully saturated rings. The molecule has 0 radical (unpaired) electrons. The number of carbonyl (C=O) groups is 1. The molecule has 32 heavy (non-hydrogen) atoms. The summed E-state index contributed by atoms with van der Waals surface area (Å²) >= 11 is 0. The minimum atomic E-state index is -0.456. The van der Waals surface area contributed by atoms with E-state index in [1.807, 2.05) is 17.0 Å². The zero-order valence-corrected chi connectivity index (χ0v) is 17.8. The smallest absolute Gasteiger partial charge is 0.269 e. The van der Waals surface area contributed by atoms with Gasteiger partial charge in [0.25, 0.3) is 5.69 Å². The van der Waals surface area contributed by atoms with Crippen LogP contribution in [0.5, 0.6) is 23.0 Å². The van der Waals surface area contributed by atoms with Crippen LogP contribution in [0, 0.1) is 10.1 Å². The first kappa shape index (κ1) is 21.4. The number of nitro benzene ring substituents is 1. The lowest BCUT2D eigenvalue weighted by Gasteiger charge is -2.31. The molecule has 2 aromatic carbocycles. The van der Waals surface area contributed by atoms with E-state index in [-0.39, 0.29) is 17.7 Å². The number of aromatic nitrogens is 1. The summed E-state index contributed by atoms with van der Waals surface area (Å²) in [6.45, 7) is 2.91. The van der Waals surface area contributed by atoms with E-state index in [1.165, 1.54) is 12.1 Å². The fraction of sp³-hybridized carbons (Fsp3) is 0.304. The van der Waals surface area contributed by atoms with Gasteiger partial charge in [0.2, 0.25) is 5.91 Å². The predicted molar refractivity (Wildman–Crippen MR) is 117 cm³/mol. The Bertz CT molecular complexity index is 1140. The number of hydrogen-bond donors (Lipinski definition) is 0. The number of rotatable bonds is 6. The van der Waals surface area contributed by atoms with Crippen LogP contribution in [-0.4, -0.2) is 47.0 Å². The molecule has 166 valence electrons. The molecule has 0 N–H and O–H groups in total. The molecule has 1 saturated heterocycles. The topological polar surface area (TPSA) is 104 Å². The summed E-state index contributed by atoms with van der Waals surface area (Å²) in [6, 6.07) is 11.2. The summed E-state index contributed by atoms with van der Waals surface area (Å²) in [7, 11) is 1.57. The number of carbonyl (C=O) groups excluding carboxylic acids is 1. The van der Waals surface area contributed by atoms with Crippen molar-refractivity contribution in [3.05, 3.63) is 58.8 Å². The Hall–Kier alpha value is -3.88. The molecule has 0 bridgehead atoms. The van der Waals surface area contributed by atoms with Crippen LogP contribution in [-0.2, 0) is 4.79 Å². The lowest BCUT2D eigenvalue weighted by molar-refractivity contribution is -0.384. The van der Waals surface area contributed by atoms with Gasteiger partial charge >= 0.3 is 0 Å². The quantitative estimate of drug-likeness (QED) is 0.417. The van der Waals surface area contributed by atoms with E-state index in [0.717, 1.165) is 18.2 Å². The molecule has 1 aliphatic heterocycles. The molecule has 0 spiro atoms. The maximum atomic E-state index is 11.5. The van der Waals surface area contributed by atoms with Crippen molar-refractivity contribution in [3.8, 4) is 23.0 Å². The average Bonchev–Trinajstić information content (AvgIpc) is 2.79. The van der Waals surface area contributed by atoms with Gasteiger partial charge in [-0.25, -0.2) is 0 Å². The van der Waals surface area contributed by atoms with Gasteiger partial charge in [-0.1, -0.05) is 0 Å². The Labute approximate surface area is 184 Å². The highest BCUT2D eigenvalue weighted by Crippen LogP contribution is 2.38. The van der Waals surface area contributed by atoms with Crippen molar-refractivity contribution in [2.75, 3.05) is 20.2 Å².